The first kappa shape index (κ1) is 17.6. The van der Waals surface area contributed by atoms with E-state index in [1.165, 1.54) is 38.4 Å². The number of sulfone groups is 1. The maximum Gasteiger partial charge on any atom is 0.251 e. The molecule has 0 spiro atoms. The molecule has 1 rings (SSSR count). The van der Waals surface area contributed by atoms with Gasteiger partial charge in [-0.3, -0.25) is 4.79 Å². The van der Waals surface area contributed by atoms with Crippen LogP contribution in [0.25, 0.3) is 0 Å². The smallest absolute Gasteiger partial charge is 0.251 e. The van der Waals surface area contributed by atoms with Gasteiger partial charge in [0, 0.05) is 32.5 Å². The van der Waals surface area contributed by atoms with Crippen molar-refractivity contribution < 1.29 is 21.6 Å². The van der Waals surface area contributed by atoms with Crippen molar-refractivity contribution in [2.75, 3.05) is 32.6 Å². The normalized spacial score (nSPS) is 12.4. The van der Waals surface area contributed by atoms with Crippen LogP contribution in [-0.2, 0) is 19.9 Å². The summed E-state index contributed by atoms with van der Waals surface area (Å²) in [5.74, 6) is -0.691. The molecule has 0 unspecified atom stereocenters. The van der Waals surface area contributed by atoms with E-state index >= 15 is 0 Å². The SMILES string of the molecule is CN(C)S(=O)(=O)c1cccc(C(=O)NCCS(C)(=O)=O)c1. The molecule has 7 nitrogen and oxygen atoms in total. The van der Waals surface area contributed by atoms with Crippen LogP contribution in [0.2, 0.25) is 0 Å². The average Bonchev–Trinajstić information content (AvgIpc) is 2.37. The third kappa shape index (κ3) is 5.10. The zero-order valence-electron chi connectivity index (χ0n) is 12.0. The van der Waals surface area contributed by atoms with Gasteiger partial charge in [0.1, 0.15) is 9.84 Å². The van der Waals surface area contributed by atoms with Crippen molar-refractivity contribution in [1.29, 1.82) is 0 Å². The van der Waals surface area contributed by atoms with E-state index < -0.39 is 25.8 Å². The van der Waals surface area contributed by atoms with E-state index in [1.54, 1.807) is 0 Å². The van der Waals surface area contributed by atoms with Crippen LogP contribution in [0.3, 0.4) is 0 Å². The van der Waals surface area contributed by atoms with Gasteiger partial charge >= 0.3 is 0 Å². The molecule has 1 aromatic carbocycles. The van der Waals surface area contributed by atoms with Crippen molar-refractivity contribution in [1.82, 2.24) is 9.62 Å². The molecule has 0 aliphatic carbocycles. The fourth-order valence-electron chi connectivity index (χ4n) is 1.46. The number of carbonyl (C=O) groups excluding carboxylic acids is 1. The van der Waals surface area contributed by atoms with Gasteiger partial charge in [-0.05, 0) is 18.2 Å². The first-order chi connectivity index (χ1) is 9.54. The molecule has 118 valence electrons. The van der Waals surface area contributed by atoms with Gasteiger partial charge in [-0.2, -0.15) is 0 Å². The highest BCUT2D eigenvalue weighted by Crippen LogP contribution is 2.14. The topological polar surface area (TPSA) is 101 Å². The average molecular weight is 334 g/mol. The molecule has 0 radical (unpaired) electrons. The largest absolute Gasteiger partial charge is 0.351 e. The van der Waals surface area contributed by atoms with Crippen molar-refractivity contribution in [3.63, 3.8) is 0 Å². The Balaban J connectivity index is 2.88. The van der Waals surface area contributed by atoms with Crippen molar-refractivity contribution >= 4 is 25.8 Å². The summed E-state index contributed by atoms with van der Waals surface area (Å²) in [6, 6.07) is 5.57. The van der Waals surface area contributed by atoms with Gasteiger partial charge in [-0.1, -0.05) is 6.07 Å². The van der Waals surface area contributed by atoms with E-state index in [0.29, 0.717) is 0 Å². The molecule has 1 amide bonds. The van der Waals surface area contributed by atoms with Crippen LogP contribution in [0.4, 0.5) is 0 Å². The fraction of sp³-hybridized carbons (Fsp3) is 0.417. The van der Waals surface area contributed by atoms with Gasteiger partial charge in [0.15, 0.2) is 0 Å². The Morgan fingerprint density at radius 1 is 1.19 bits per heavy atom. The number of hydrogen-bond acceptors (Lipinski definition) is 5. The standard InChI is InChI=1S/C12H18N2O5S2/c1-14(2)21(18,19)11-6-4-5-10(9-11)12(15)13-7-8-20(3,16)17/h4-6,9H,7-8H2,1-3H3,(H,13,15). The van der Waals surface area contributed by atoms with Crippen molar-refractivity contribution in [3.05, 3.63) is 29.8 Å². The van der Waals surface area contributed by atoms with Gasteiger partial charge < -0.3 is 5.32 Å². The first-order valence-electron chi connectivity index (χ1n) is 6.02. The molecule has 0 aliphatic rings. The van der Waals surface area contributed by atoms with Gasteiger partial charge in [0.25, 0.3) is 5.91 Å². The number of hydrogen-bond donors (Lipinski definition) is 1. The molecule has 1 N–H and O–H groups in total. The Morgan fingerprint density at radius 3 is 2.33 bits per heavy atom. The molecular weight excluding hydrogens is 316 g/mol. The van der Waals surface area contributed by atoms with Crippen LogP contribution in [0.5, 0.6) is 0 Å². The number of nitrogens with zero attached hydrogens (tertiary/aromatic N) is 1. The molecule has 1 aromatic rings. The second-order valence-corrected chi connectivity index (χ2v) is 9.11. The molecular formula is C12H18N2O5S2. The summed E-state index contributed by atoms with van der Waals surface area (Å²) in [5, 5.41) is 2.44. The van der Waals surface area contributed by atoms with E-state index in [-0.39, 0.29) is 22.8 Å². The van der Waals surface area contributed by atoms with Gasteiger partial charge in [0.05, 0.1) is 10.6 Å². The van der Waals surface area contributed by atoms with E-state index in [2.05, 4.69) is 5.32 Å². The Morgan fingerprint density at radius 2 is 1.81 bits per heavy atom. The molecule has 0 aromatic heterocycles. The molecule has 0 aliphatic heterocycles. The van der Waals surface area contributed by atoms with Crippen LogP contribution >= 0.6 is 0 Å². The highest BCUT2D eigenvalue weighted by Gasteiger charge is 2.18. The van der Waals surface area contributed by atoms with E-state index in [1.807, 2.05) is 0 Å². The first-order valence-corrected chi connectivity index (χ1v) is 9.52. The zero-order chi connectivity index (χ0) is 16.3. The molecule has 0 atom stereocenters. The highest BCUT2D eigenvalue weighted by molar-refractivity contribution is 7.90. The third-order valence-electron chi connectivity index (χ3n) is 2.63. The number of amides is 1. The molecule has 0 fully saturated rings. The minimum Gasteiger partial charge on any atom is -0.351 e. The fourth-order valence-corrected chi connectivity index (χ4v) is 2.88. The number of benzene rings is 1. The van der Waals surface area contributed by atoms with E-state index in [4.69, 9.17) is 0 Å². The van der Waals surface area contributed by atoms with Crippen LogP contribution < -0.4 is 5.32 Å². The minimum absolute atomic E-state index is 0.00302. The van der Waals surface area contributed by atoms with Crippen molar-refractivity contribution in [3.8, 4) is 0 Å². The summed E-state index contributed by atoms with van der Waals surface area (Å²) in [5.41, 5.74) is 0.159. The molecule has 0 saturated carbocycles. The summed E-state index contributed by atoms with van der Waals surface area (Å²) >= 11 is 0. The lowest BCUT2D eigenvalue weighted by Crippen LogP contribution is -2.29. The molecule has 0 bridgehead atoms. The minimum atomic E-state index is -3.62. The maximum atomic E-state index is 12.0. The summed E-state index contributed by atoms with van der Waals surface area (Å²) in [6.07, 6.45) is 1.07. The second-order valence-electron chi connectivity index (χ2n) is 4.70. The maximum absolute atomic E-state index is 12.0. The number of sulfonamides is 1. The lowest BCUT2D eigenvalue weighted by Gasteiger charge is -2.12. The number of carbonyl (C=O) groups is 1. The van der Waals surface area contributed by atoms with Crippen LogP contribution in [-0.4, -0.2) is 59.7 Å². The zero-order valence-corrected chi connectivity index (χ0v) is 13.7. The van der Waals surface area contributed by atoms with Gasteiger partial charge in [-0.25, -0.2) is 21.1 Å². The Labute approximate surface area is 124 Å². The summed E-state index contributed by atoms with van der Waals surface area (Å²) in [6.45, 7) is -0.0255. The third-order valence-corrected chi connectivity index (χ3v) is 5.39. The summed E-state index contributed by atoms with van der Waals surface area (Å²) < 4.78 is 46.9. The highest BCUT2D eigenvalue weighted by atomic mass is 32.2. The summed E-state index contributed by atoms with van der Waals surface area (Å²) in [4.78, 5) is 11.9. The predicted octanol–water partition coefficient (Wildman–Crippen LogP) is -0.289. The number of rotatable bonds is 6. The van der Waals surface area contributed by atoms with Gasteiger partial charge in [0.2, 0.25) is 10.0 Å². The van der Waals surface area contributed by atoms with Crippen LogP contribution in [0.1, 0.15) is 10.4 Å². The number of nitrogens with one attached hydrogen (secondary N) is 1. The van der Waals surface area contributed by atoms with Crippen LogP contribution in [0, 0.1) is 0 Å². The molecule has 9 heteroatoms. The lowest BCUT2D eigenvalue weighted by molar-refractivity contribution is 0.0956. The van der Waals surface area contributed by atoms with Crippen molar-refractivity contribution in [2.24, 2.45) is 0 Å². The second kappa shape index (κ2) is 6.54. The Hall–Kier alpha value is -1.45. The predicted molar refractivity (Wildman–Crippen MR) is 79.4 cm³/mol. The molecule has 0 saturated heterocycles. The van der Waals surface area contributed by atoms with E-state index in [9.17, 15) is 21.6 Å². The quantitative estimate of drug-likeness (QED) is 0.770. The van der Waals surface area contributed by atoms with Crippen molar-refractivity contribution in [2.45, 2.75) is 4.90 Å². The molecule has 0 heterocycles. The monoisotopic (exact) mass is 334 g/mol. The van der Waals surface area contributed by atoms with Gasteiger partial charge in [-0.15, -0.1) is 0 Å². The summed E-state index contributed by atoms with van der Waals surface area (Å²) in [7, 11) is -3.99. The Bertz CT molecular complexity index is 724. The molecule has 21 heavy (non-hydrogen) atoms. The van der Waals surface area contributed by atoms with E-state index in [0.717, 1.165) is 10.6 Å². The van der Waals surface area contributed by atoms with Crippen LogP contribution in [0.15, 0.2) is 29.2 Å². The Kier molecular flexibility index (Phi) is 5.48. The lowest BCUT2D eigenvalue weighted by atomic mass is 10.2.